The molecule has 0 unspecified atom stereocenters. The maximum Gasteiger partial charge on any atom is 0.251 e. The summed E-state index contributed by atoms with van der Waals surface area (Å²) in [6.45, 7) is 1.29. The van der Waals surface area contributed by atoms with E-state index < -0.39 is 0 Å². The minimum Gasteiger partial charge on any atom is -0.493 e. The van der Waals surface area contributed by atoms with Crippen LogP contribution in [0.15, 0.2) is 55.1 Å². The summed E-state index contributed by atoms with van der Waals surface area (Å²) in [6.07, 6.45) is 5.31. The number of hydrogen-bond donors (Lipinski definition) is 1. The highest BCUT2D eigenvalue weighted by atomic mass is 16.5. The number of carbonyl (C=O) groups excluding carboxylic acids is 1. The van der Waals surface area contributed by atoms with Crippen LogP contribution in [0.4, 0.5) is 0 Å². The van der Waals surface area contributed by atoms with Crippen molar-refractivity contribution in [1.29, 1.82) is 0 Å². The molecular weight excluding hydrogens is 316 g/mol. The second-order valence-electron chi connectivity index (χ2n) is 5.99. The molecule has 6 heteroatoms. The van der Waals surface area contributed by atoms with Gasteiger partial charge in [0.15, 0.2) is 0 Å². The van der Waals surface area contributed by atoms with Gasteiger partial charge in [-0.25, -0.2) is 0 Å². The monoisotopic (exact) mass is 334 g/mol. The first-order valence-electron chi connectivity index (χ1n) is 8.27. The lowest BCUT2D eigenvalue weighted by molar-refractivity contribution is 0.0951. The van der Waals surface area contributed by atoms with Gasteiger partial charge in [-0.1, -0.05) is 12.1 Å². The third kappa shape index (κ3) is 3.38. The molecule has 0 bridgehead atoms. The molecule has 0 radical (unpaired) electrons. The average molecular weight is 334 g/mol. The topological polar surface area (TPSA) is 69.0 Å². The van der Waals surface area contributed by atoms with Crippen LogP contribution in [0.1, 0.15) is 27.9 Å². The SMILES string of the molecule is O=C(NCc1ccc2c(c1)CCCO2)c1ccc(-n2cnnc2)cc1. The van der Waals surface area contributed by atoms with E-state index in [4.69, 9.17) is 4.74 Å². The van der Waals surface area contributed by atoms with E-state index in [0.717, 1.165) is 36.4 Å². The van der Waals surface area contributed by atoms with Crippen LogP contribution in [0.25, 0.3) is 5.69 Å². The minimum absolute atomic E-state index is 0.0933. The van der Waals surface area contributed by atoms with Gasteiger partial charge in [-0.2, -0.15) is 0 Å². The smallest absolute Gasteiger partial charge is 0.251 e. The van der Waals surface area contributed by atoms with Gasteiger partial charge in [-0.15, -0.1) is 10.2 Å². The zero-order chi connectivity index (χ0) is 17.1. The van der Waals surface area contributed by atoms with Crippen LogP contribution in [-0.4, -0.2) is 27.3 Å². The minimum atomic E-state index is -0.0933. The maximum atomic E-state index is 12.3. The Labute approximate surface area is 145 Å². The molecule has 0 aliphatic carbocycles. The molecule has 4 rings (SSSR count). The van der Waals surface area contributed by atoms with E-state index in [9.17, 15) is 4.79 Å². The fourth-order valence-electron chi connectivity index (χ4n) is 2.93. The highest BCUT2D eigenvalue weighted by molar-refractivity contribution is 5.94. The Morgan fingerprint density at radius 1 is 1.12 bits per heavy atom. The van der Waals surface area contributed by atoms with E-state index in [0.29, 0.717) is 12.1 Å². The van der Waals surface area contributed by atoms with Crippen molar-refractivity contribution >= 4 is 5.91 Å². The van der Waals surface area contributed by atoms with Crippen molar-refractivity contribution in [3.05, 3.63) is 71.8 Å². The third-order valence-electron chi connectivity index (χ3n) is 4.27. The van der Waals surface area contributed by atoms with Crippen molar-refractivity contribution in [2.75, 3.05) is 6.61 Å². The number of benzene rings is 2. The summed E-state index contributed by atoms with van der Waals surface area (Å²) in [5.74, 6) is 0.871. The molecule has 1 aliphatic heterocycles. The van der Waals surface area contributed by atoms with E-state index in [1.807, 2.05) is 24.3 Å². The van der Waals surface area contributed by atoms with E-state index >= 15 is 0 Å². The van der Waals surface area contributed by atoms with Crippen molar-refractivity contribution in [2.45, 2.75) is 19.4 Å². The Kier molecular flexibility index (Phi) is 4.16. The summed E-state index contributed by atoms with van der Waals surface area (Å²) in [5, 5.41) is 10.5. The molecule has 0 saturated heterocycles. The lowest BCUT2D eigenvalue weighted by Crippen LogP contribution is -2.23. The van der Waals surface area contributed by atoms with Gasteiger partial charge in [0.2, 0.25) is 0 Å². The van der Waals surface area contributed by atoms with Crippen LogP contribution in [-0.2, 0) is 13.0 Å². The number of amides is 1. The van der Waals surface area contributed by atoms with Crippen molar-refractivity contribution in [3.63, 3.8) is 0 Å². The van der Waals surface area contributed by atoms with Gasteiger partial charge in [0.05, 0.1) is 6.61 Å². The Hall–Kier alpha value is -3.15. The van der Waals surface area contributed by atoms with Gasteiger partial charge >= 0.3 is 0 Å². The first-order valence-corrected chi connectivity index (χ1v) is 8.27. The molecule has 1 N–H and O–H groups in total. The number of aryl methyl sites for hydroxylation is 1. The standard InChI is InChI=1S/C19H18N4O2/c24-19(15-4-6-17(7-5-15)23-12-21-22-13-23)20-11-14-3-8-18-16(10-14)2-1-9-25-18/h3-8,10,12-13H,1-2,9,11H2,(H,20,24). The Balaban J connectivity index is 1.40. The Morgan fingerprint density at radius 3 is 2.72 bits per heavy atom. The Bertz CT molecular complexity index is 873. The molecule has 1 aromatic heterocycles. The van der Waals surface area contributed by atoms with Crippen molar-refractivity contribution < 1.29 is 9.53 Å². The summed E-state index contributed by atoms with van der Waals surface area (Å²) in [6, 6.07) is 13.4. The number of ether oxygens (including phenoxy) is 1. The van der Waals surface area contributed by atoms with Crippen molar-refractivity contribution in [3.8, 4) is 11.4 Å². The molecule has 1 aliphatic rings. The summed E-state index contributed by atoms with van der Waals surface area (Å²) in [4.78, 5) is 12.3. The van der Waals surface area contributed by atoms with Crippen LogP contribution in [0.5, 0.6) is 5.75 Å². The van der Waals surface area contributed by atoms with E-state index in [1.54, 1.807) is 29.4 Å². The molecule has 6 nitrogen and oxygen atoms in total. The highest BCUT2D eigenvalue weighted by Crippen LogP contribution is 2.25. The third-order valence-corrected chi connectivity index (χ3v) is 4.27. The number of hydrogen-bond acceptors (Lipinski definition) is 4. The van der Waals surface area contributed by atoms with Gasteiger partial charge in [0.1, 0.15) is 18.4 Å². The molecular formula is C19H18N4O2. The number of nitrogens with one attached hydrogen (secondary N) is 1. The normalized spacial score (nSPS) is 13.0. The molecule has 2 aromatic carbocycles. The van der Waals surface area contributed by atoms with Gasteiger partial charge in [-0.05, 0) is 54.3 Å². The van der Waals surface area contributed by atoms with Crippen LogP contribution >= 0.6 is 0 Å². The maximum absolute atomic E-state index is 12.3. The summed E-state index contributed by atoms with van der Waals surface area (Å²) in [5.41, 5.74) is 3.84. The van der Waals surface area contributed by atoms with Crippen LogP contribution < -0.4 is 10.1 Å². The fourth-order valence-corrected chi connectivity index (χ4v) is 2.93. The number of fused-ring (bicyclic) bond motifs is 1. The van der Waals surface area contributed by atoms with Crippen molar-refractivity contribution in [2.24, 2.45) is 0 Å². The quantitative estimate of drug-likeness (QED) is 0.796. The van der Waals surface area contributed by atoms with Crippen LogP contribution in [0.2, 0.25) is 0 Å². The van der Waals surface area contributed by atoms with Gasteiger partial charge < -0.3 is 10.1 Å². The zero-order valence-electron chi connectivity index (χ0n) is 13.7. The van der Waals surface area contributed by atoms with Gasteiger partial charge in [-0.3, -0.25) is 9.36 Å². The second-order valence-corrected chi connectivity index (χ2v) is 5.99. The first kappa shape index (κ1) is 15.4. The molecule has 2 heterocycles. The predicted molar refractivity (Wildman–Crippen MR) is 92.8 cm³/mol. The molecule has 0 spiro atoms. The lowest BCUT2D eigenvalue weighted by atomic mass is 10.0. The molecule has 25 heavy (non-hydrogen) atoms. The number of nitrogens with zero attached hydrogens (tertiary/aromatic N) is 3. The molecule has 0 saturated carbocycles. The fraction of sp³-hybridized carbons (Fsp3) is 0.211. The van der Waals surface area contributed by atoms with Crippen LogP contribution in [0.3, 0.4) is 0 Å². The van der Waals surface area contributed by atoms with E-state index in [-0.39, 0.29) is 5.91 Å². The highest BCUT2D eigenvalue weighted by Gasteiger charge is 2.11. The van der Waals surface area contributed by atoms with Gasteiger partial charge in [0, 0.05) is 17.8 Å². The average Bonchev–Trinajstić information content (AvgIpc) is 3.21. The first-order chi connectivity index (χ1) is 12.3. The van der Waals surface area contributed by atoms with E-state index in [2.05, 4.69) is 21.6 Å². The molecule has 3 aromatic rings. The summed E-state index contributed by atoms with van der Waals surface area (Å²) < 4.78 is 7.41. The molecule has 0 atom stereocenters. The Morgan fingerprint density at radius 2 is 1.92 bits per heavy atom. The zero-order valence-corrected chi connectivity index (χ0v) is 13.7. The summed E-state index contributed by atoms with van der Waals surface area (Å²) >= 11 is 0. The number of aromatic nitrogens is 3. The van der Waals surface area contributed by atoms with Crippen molar-refractivity contribution in [1.82, 2.24) is 20.1 Å². The number of carbonyl (C=O) groups is 1. The second kappa shape index (κ2) is 6.76. The lowest BCUT2D eigenvalue weighted by Gasteiger charge is -2.18. The molecule has 126 valence electrons. The number of rotatable bonds is 4. The summed E-state index contributed by atoms with van der Waals surface area (Å²) in [7, 11) is 0. The molecule has 1 amide bonds. The van der Waals surface area contributed by atoms with Gasteiger partial charge in [0.25, 0.3) is 5.91 Å². The van der Waals surface area contributed by atoms with E-state index in [1.165, 1.54) is 5.56 Å². The molecule has 0 fully saturated rings. The van der Waals surface area contributed by atoms with Crippen LogP contribution in [0, 0.1) is 0 Å². The largest absolute Gasteiger partial charge is 0.493 e. The predicted octanol–water partition coefficient (Wildman–Crippen LogP) is 2.52.